The fourth-order valence-corrected chi connectivity index (χ4v) is 1.13. The summed E-state index contributed by atoms with van der Waals surface area (Å²) in [5.41, 5.74) is 0. The van der Waals surface area contributed by atoms with Crippen LogP contribution >= 0.6 is 0 Å². The van der Waals surface area contributed by atoms with Gasteiger partial charge in [-0.3, -0.25) is 4.79 Å². The smallest absolute Gasteiger partial charge is 0.300 e. The van der Waals surface area contributed by atoms with Gasteiger partial charge in [-0.15, -0.1) is 0 Å². The molecule has 3 nitrogen and oxygen atoms in total. The Morgan fingerprint density at radius 2 is 1.24 bits per heavy atom. The van der Waals surface area contributed by atoms with Crippen LogP contribution in [0.15, 0.2) is 48.5 Å². The average molecular weight is 232 g/mol. The zero-order chi connectivity index (χ0) is 12.5. The van der Waals surface area contributed by atoms with Crippen LogP contribution in [0.1, 0.15) is 6.92 Å². The number of hydrogen-bond acceptors (Lipinski definition) is 2. The largest absolute Gasteiger partial charge is 0.481 e. The van der Waals surface area contributed by atoms with Crippen LogP contribution in [-0.2, 0) is 9.53 Å². The van der Waals surface area contributed by atoms with E-state index in [1.54, 1.807) is 0 Å². The quantitative estimate of drug-likeness (QED) is 0.710. The summed E-state index contributed by atoms with van der Waals surface area (Å²) in [6.07, 6.45) is 0. The fraction of sp³-hybridized carbons (Fsp3) is 0.214. The van der Waals surface area contributed by atoms with E-state index in [-0.39, 0.29) is 0 Å². The Morgan fingerprint density at radius 3 is 1.41 bits per heavy atom. The summed E-state index contributed by atoms with van der Waals surface area (Å²) in [6, 6.07) is 16.7. The Balaban J connectivity index is 0.000000171. The van der Waals surface area contributed by atoms with Crippen LogP contribution in [-0.4, -0.2) is 24.3 Å². The molecule has 2 aromatic carbocycles. The number of hydrogen-bond donors (Lipinski definition) is 1. The Morgan fingerprint density at radius 1 is 1.00 bits per heavy atom. The van der Waals surface area contributed by atoms with E-state index >= 15 is 0 Å². The van der Waals surface area contributed by atoms with Crippen molar-refractivity contribution in [2.45, 2.75) is 6.92 Å². The number of carboxylic acids is 1. The zero-order valence-corrected chi connectivity index (χ0v) is 9.80. The van der Waals surface area contributed by atoms with Gasteiger partial charge in [0, 0.05) is 6.92 Å². The van der Waals surface area contributed by atoms with Gasteiger partial charge in [0.2, 0.25) is 0 Å². The molecule has 0 spiro atoms. The van der Waals surface area contributed by atoms with E-state index in [1.165, 1.54) is 10.8 Å². The van der Waals surface area contributed by atoms with Gasteiger partial charge in [0.15, 0.2) is 0 Å². The van der Waals surface area contributed by atoms with Gasteiger partial charge in [0.05, 0.1) is 13.2 Å². The van der Waals surface area contributed by atoms with Crippen molar-refractivity contribution in [1.29, 1.82) is 0 Å². The van der Waals surface area contributed by atoms with Crippen molar-refractivity contribution in [1.82, 2.24) is 0 Å². The van der Waals surface area contributed by atoms with Gasteiger partial charge in [-0.1, -0.05) is 48.5 Å². The van der Waals surface area contributed by atoms with Crippen LogP contribution in [0.25, 0.3) is 10.8 Å². The molecule has 1 heterocycles. The molecule has 0 bridgehead atoms. The number of aliphatic carboxylic acids is 1. The second kappa shape index (κ2) is 7.41. The van der Waals surface area contributed by atoms with E-state index in [2.05, 4.69) is 53.3 Å². The lowest BCUT2D eigenvalue weighted by molar-refractivity contribution is -0.134. The highest BCUT2D eigenvalue weighted by Gasteiger charge is 1.94. The van der Waals surface area contributed by atoms with E-state index in [1.807, 2.05) is 0 Å². The molecule has 0 saturated carbocycles. The van der Waals surface area contributed by atoms with Crippen molar-refractivity contribution in [2.75, 3.05) is 13.2 Å². The lowest BCUT2D eigenvalue weighted by Gasteiger charge is -1.92. The molecule has 17 heavy (non-hydrogen) atoms. The van der Waals surface area contributed by atoms with Crippen LogP contribution in [0.2, 0.25) is 0 Å². The molecule has 2 aromatic rings. The number of carbonyl (C=O) groups is 1. The maximum atomic E-state index is 9.00. The summed E-state index contributed by atoms with van der Waals surface area (Å²) in [5.74, 6) is -0.833. The summed E-state index contributed by atoms with van der Waals surface area (Å²) < 4.78 is 4.50. The van der Waals surface area contributed by atoms with Gasteiger partial charge >= 0.3 is 0 Å². The maximum absolute atomic E-state index is 9.00. The van der Waals surface area contributed by atoms with Crippen LogP contribution < -0.4 is 0 Å². The number of epoxide rings is 1. The molecular formula is C14H16O3. The van der Waals surface area contributed by atoms with E-state index in [9.17, 15) is 0 Å². The molecule has 1 saturated heterocycles. The molecule has 0 atom stereocenters. The highest BCUT2D eigenvalue weighted by atomic mass is 16.6. The molecule has 3 heteroatoms. The SMILES string of the molecule is C1CO1.CC(=O)O.c1ccc2ccccc2c1. The molecule has 3 rings (SSSR count). The molecule has 1 fully saturated rings. The summed E-state index contributed by atoms with van der Waals surface area (Å²) in [4.78, 5) is 9.00. The van der Waals surface area contributed by atoms with Crippen LogP contribution in [0, 0.1) is 0 Å². The first-order chi connectivity index (χ1) is 8.20. The monoisotopic (exact) mass is 232 g/mol. The fourth-order valence-electron chi connectivity index (χ4n) is 1.13. The third-order valence-corrected chi connectivity index (χ3v) is 1.86. The minimum atomic E-state index is -0.833. The molecule has 1 aliphatic heterocycles. The predicted octanol–water partition coefficient (Wildman–Crippen LogP) is 2.95. The van der Waals surface area contributed by atoms with E-state index in [0.717, 1.165) is 20.1 Å². The molecule has 0 amide bonds. The first kappa shape index (κ1) is 13.2. The van der Waals surface area contributed by atoms with Gasteiger partial charge in [0.1, 0.15) is 0 Å². The number of benzene rings is 2. The van der Waals surface area contributed by atoms with Gasteiger partial charge in [-0.05, 0) is 10.8 Å². The predicted molar refractivity (Wildman–Crippen MR) is 68.1 cm³/mol. The molecule has 0 aromatic heterocycles. The van der Waals surface area contributed by atoms with Crippen molar-refractivity contribution in [3.8, 4) is 0 Å². The first-order valence-corrected chi connectivity index (χ1v) is 5.41. The topological polar surface area (TPSA) is 49.8 Å². The first-order valence-electron chi connectivity index (χ1n) is 5.41. The van der Waals surface area contributed by atoms with Crippen LogP contribution in [0.4, 0.5) is 0 Å². The Bertz CT molecular complexity index is 391. The molecule has 0 radical (unpaired) electrons. The summed E-state index contributed by atoms with van der Waals surface area (Å²) >= 11 is 0. The zero-order valence-electron chi connectivity index (χ0n) is 9.80. The highest BCUT2D eigenvalue weighted by Crippen LogP contribution is 2.11. The van der Waals surface area contributed by atoms with Gasteiger partial charge in [-0.25, -0.2) is 0 Å². The molecule has 1 N–H and O–H groups in total. The Hall–Kier alpha value is -1.87. The third-order valence-electron chi connectivity index (χ3n) is 1.86. The minimum absolute atomic E-state index is 0.833. The van der Waals surface area contributed by atoms with Crippen molar-refractivity contribution >= 4 is 16.7 Å². The summed E-state index contributed by atoms with van der Waals surface area (Å²) in [5, 5.41) is 10.0. The van der Waals surface area contributed by atoms with Crippen molar-refractivity contribution in [2.24, 2.45) is 0 Å². The number of ether oxygens (including phenoxy) is 1. The van der Waals surface area contributed by atoms with Crippen molar-refractivity contribution < 1.29 is 14.6 Å². The third kappa shape index (κ3) is 7.09. The average Bonchev–Trinajstić information content (AvgIpc) is 3.16. The molecule has 0 aliphatic carbocycles. The Kier molecular flexibility index (Phi) is 5.75. The molecule has 0 unspecified atom stereocenters. The van der Waals surface area contributed by atoms with Crippen LogP contribution in [0.3, 0.4) is 0 Å². The summed E-state index contributed by atoms with van der Waals surface area (Å²) in [6.45, 7) is 3.08. The van der Waals surface area contributed by atoms with Crippen molar-refractivity contribution in [3.05, 3.63) is 48.5 Å². The van der Waals surface area contributed by atoms with E-state index in [4.69, 9.17) is 9.90 Å². The molecule has 1 aliphatic rings. The maximum Gasteiger partial charge on any atom is 0.300 e. The number of fused-ring (bicyclic) bond motifs is 1. The van der Waals surface area contributed by atoms with E-state index < -0.39 is 5.97 Å². The lowest BCUT2D eigenvalue weighted by atomic mass is 10.1. The van der Waals surface area contributed by atoms with Gasteiger partial charge in [0.25, 0.3) is 5.97 Å². The second-order valence-electron chi connectivity index (χ2n) is 3.48. The second-order valence-corrected chi connectivity index (χ2v) is 3.48. The lowest BCUT2D eigenvalue weighted by Crippen LogP contribution is -1.78. The van der Waals surface area contributed by atoms with Gasteiger partial charge < -0.3 is 9.84 Å². The summed E-state index contributed by atoms with van der Waals surface area (Å²) in [7, 11) is 0. The standard InChI is InChI=1S/C10H8.C2H4O2.C2H4O/c1-2-6-10-8-4-3-7-9(10)5-1;1-2(3)4;1-2-3-1/h1-8H;1H3,(H,3,4);1-2H2. The van der Waals surface area contributed by atoms with Crippen molar-refractivity contribution in [3.63, 3.8) is 0 Å². The Labute approximate surface area is 101 Å². The van der Waals surface area contributed by atoms with E-state index in [0.29, 0.717) is 0 Å². The highest BCUT2D eigenvalue weighted by molar-refractivity contribution is 5.81. The molecule has 90 valence electrons. The van der Waals surface area contributed by atoms with Crippen LogP contribution in [0.5, 0.6) is 0 Å². The number of carboxylic acid groups (broad SMARTS) is 1. The number of rotatable bonds is 0. The normalized spacial score (nSPS) is 11.6. The molecular weight excluding hydrogens is 216 g/mol. The van der Waals surface area contributed by atoms with Gasteiger partial charge in [-0.2, -0.15) is 0 Å². The minimum Gasteiger partial charge on any atom is -0.481 e.